The van der Waals surface area contributed by atoms with E-state index < -0.39 is 27.3 Å². The van der Waals surface area contributed by atoms with Crippen LogP contribution in [0.3, 0.4) is 0 Å². The Bertz CT molecular complexity index is 1590. The van der Waals surface area contributed by atoms with Crippen LogP contribution in [0.2, 0.25) is 0 Å². The van der Waals surface area contributed by atoms with E-state index in [1.807, 2.05) is 20.8 Å². The van der Waals surface area contributed by atoms with Crippen LogP contribution >= 0.6 is 0 Å². The fraction of sp³-hybridized carbons (Fsp3) is 0.956. The number of nitrogens with one attached hydrogen (secondary N) is 1. The lowest BCUT2D eigenvalue weighted by Gasteiger charge is -2.73. The van der Waals surface area contributed by atoms with Crippen LogP contribution in [0.1, 0.15) is 152 Å². The number of nitrogens with zero attached hydrogens (tertiary/aromatic N) is 1. The molecule has 314 valence electrons. The van der Waals surface area contributed by atoms with Crippen molar-refractivity contribution in [2.45, 2.75) is 176 Å². The van der Waals surface area contributed by atoms with Crippen molar-refractivity contribution in [3.8, 4) is 0 Å². The summed E-state index contributed by atoms with van der Waals surface area (Å²) in [5.74, 6) is 2.24. The normalized spacial score (nSPS) is 44.2. The quantitative estimate of drug-likeness (QED) is 0.182. The highest BCUT2D eigenvalue weighted by molar-refractivity contribution is 7.91. The Kier molecular flexibility index (Phi) is 10.6. The van der Waals surface area contributed by atoms with Crippen LogP contribution < -0.4 is 5.32 Å². The first-order chi connectivity index (χ1) is 25.4. The van der Waals surface area contributed by atoms with Gasteiger partial charge in [0.2, 0.25) is 0 Å². The first-order valence-corrected chi connectivity index (χ1v) is 24.0. The van der Waals surface area contributed by atoms with Crippen molar-refractivity contribution in [2.24, 2.45) is 62.1 Å². The second-order valence-corrected chi connectivity index (χ2v) is 25.1. The van der Waals surface area contributed by atoms with Gasteiger partial charge in [0.15, 0.2) is 9.84 Å². The van der Waals surface area contributed by atoms with Crippen LogP contribution in [-0.2, 0) is 24.2 Å². The fourth-order valence-electron chi connectivity index (χ4n) is 15.5. The Morgan fingerprint density at radius 3 is 2.11 bits per heavy atom. The molecule has 2 unspecified atom stereocenters. The summed E-state index contributed by atoms with van der Waals surface area (Å²) >= 11 is 0. The van der Waals surface area contributed by atoms with Gasteiger partial charge in [0.05, 0.1) is 30.5 Å². The molecule has 55 heavy (non-hydrogen) atoms. The molecule has 0 amide bonds. The molecule has 7 fully saturated rings. The number of carbonyl (C=O) groups excluding carboxylic acids is 1. The van der Waals surface area contributed by atoms with Gasteiger partial charge >= 0.3 is 11.9 Å². The number of carboxylic acids is 1. The molecule has 1 heterocycles. The molecular formula is C45H76N2O7S. The molecule has 1 aliphatic heterocycles. The maximum absolute atomic E-state index is 13.3. The highest BCUT2D eigenvalue weighted by Crippen LogP contribution is 2.77. The number of aliphatic hydroxyl groups is 1. The maximum atomic E-state index is 13.3. The van der Waals surface area contributed by atoms with E-state index in [0.717, 1.165) is 19.3 Å². The summed E-state index contributed by atoms with van der Waals surface area (Å²) in [4.78, 5) is 27.0. The number of fused-ring (bicyclic) bond motifs is 7. The molecule has 0 bridgehead atoms. The van der Waals surface area contributed by atoms with E-state index in [4.69, 9.17) is 4.74 Å². The summed E-state index contributed by atoms with van der Waals surface area (Å²) in [5.41, 5.74) is 0.280. The van der Waals surface area contributed by atoms with Crippen molar-refractivity contribution >= 4 is 21.8 Å². The molecule has 3 N–H and O–H groups in total. The van der Waals surface area contributed by atoms with E-state index in [9.17, 15) is 28.2 Å². The number of esters is 1. The van der Waals surface area contributed by atoms with Gasteiger partial charge in [0.25, 0.3) is 0 Å². The molecule has 0 radical (unpaired) electrons. The van der Waals surface area contributed by atoms with Crippen molar-refractivity contribution in [3.63, 3.8) is 0 Å². The summed E-state index contributed by atoms with van der Waals surface area (Å²) < 4.78 is 30.9. The molecule has 6 saturated carbocycles. The minimum absolute atomic E-state index is 0.0514. The topological polar surface area (TPSA) is 133 Å². The lowest BCUT2D eigenvalue weighted by molar-refractivity contribution is -0.248. The molecule has 7 rings (SSSR count). The third kappa shape index (κ3) is 7.06. The third-order valence-electron chi connectivity index (χ3n) is 18.9. The van der Waals surface area contributed by atoms with E-state index in [2.05, 4.69) is 51.8 Å². The molecular weight excluding hydrogens is 713 g/mol. The number of hydrogen-bond donors (Lipinski definition) is 3. The predicted molar refractivity (Wildman–Crippen MR) is 216 cm³/mol. The second kappa shape index (κ2) is 13.9. The molecule has 0 spiro atoms. The van der Waals surface area contributed by atoms with Gasteiger partial charge in [-0.05, 0) is 141 Å². The summed E-state index contributed by atoms with van der Waals surface area (Å²) in [5, 5.41) is 24.7. The SMILES string of the molecule is CC(O)C(CN[C@]12CC[C@@H](C3(C)CC3)[C@@H]1[C@H]1CC[C@@H]3[C@@]4(C)CC[C@H](OC(=O)CC(C)(C)CC(=O)O)C(C)(C)[C@@H]4CC[C@@]3(C)[C@]1(C)CC2)N1CCS(=O)(=O)CC1. The highest BCUT2D eigenvalue weighted by Gasteiger charge is 2.72. The van der Waals surface area contributed by atoms with Gasteiger partial charge in [-0.2, -0.15) is 0 Å². The molecule has 7 aliphatic rings. The average molecular weight is 789 g/mol. The van der Waals surface area contributed by atoms with Crippen LogP contribution in [0.15, 0.2) is 0 Å². The van der Waals surface area contributed by atoms with Gasteiger partial charge in [-0.3, -0.25) is 14.5 Å². The Labute approximate surface area is 333 Å². The first kappa shape index (κ1) is 41.9. The smallest absolute Gasteiger partial charge is 0.306 e. The van der Waals surface area contributed by atoms with Gasteiger partial charge in [0.1, 0.15) is 6.10 Å². The highest BCUT2D eigenvalue weighted by atomic mass is 32.2. The number of rotatable bonds is 11. The molecule has 12 atom stereocenters. The molecule has 1 saturated heterocycles. The van der Waals surface area contributed by atoms with E-state index in [1.54, 1.807) is 0 Å². The Balaban J connectivity index is 1.11. The molecule has 0 aromatic rings. The van der Waals surface area contributed by atoms with Crippen molar-refractivity contribution in [2.75, 3.05) is 31.1 Å². The lowest BCUT2D eigenvalue weighted by atomic mass is 9.32. The number of carbonyl (C=O) groups is 2. The van der Waals surface area contributed by atoms with Gasteiger partial charge in [-0.15, -0.1) is 0 Å². The Morgan fingerprint density at radius 2 is 1.49 bits per heavy atom. The van der Waals surface area contributed by atoms with Crippen LogP contribution in [0.4, 0.5) is 0 Å². The number of aliphatic carboxylic acids is 1. The molecule has 9 nitrogen and oxygen atoms in total. The van der Waals surface area contributed by atoms with E-state index >= 15 is 0 Å². The number of hydrogen-bond acceptors (Lipinski definition) is 8. The number of carboxylic acid groups (broad SMARTS) is 1. The summed E-state index contributed by atoms with van der Waals surface area (Å²) in [6.07, 6.45) is 13.7. The van der Waals surface area contributed by atoms with Gasteiger partial charge in [-0.25, -0.2) is 8.42 Å². The Morgan fingerprint density at radius 1 is 0.818 bits per heavy atom. The zero-order valence-electron chi connectivity index (χ0n) is 35.8. The number of sulfone groups is 1. The molecule has 0 aromatic carbocycles. The van der Waals surface area contributed by atoms with Gasteiger partial charge in [-0.1, -0.05) is 55.4 Å². The lowest BCUT2D eigenvalue weighted by Crippen LogP contribution is -2.69. The molecule has 10 heteroatoms. The predicted octanol–water partition coefficient (Wildman–Crippen LogP) is 7.49. The third-order valence-corrected chi connectivity index (χ3v) is 20.5. The molecule has 6 aliphatic carbocycles. The van der Waals surface area contributed by atoms with Crippen LogP contribution in [0.25, 0.3) is 0 Å². The molecule has 0 aromatic heterocycles. The fourth-order valence-corrected chi connectivity index (χ4v) is 16.7. The minimum atomic E-state index is -2.99. The van der Waals surface area contributed by atoms with E-state index in [-0.39, 0.29) is 69.7 Å². The van der Waals surface area contributed by atoms with E-state index in [1.165, 1.54) is 57.8 Å². The monoisotopic (exact) mass is 789 g/mol. The summed E-state index contributed by atoms with van der Waals surface area (Å²) in [7, 11) is -2.99. The minimum Gasteiger partial charge on any atom is -0.481 e. The van der Waals surface area contributed by atoms with Crippen LogP contribution in [-0.4, -0.2) is 90.4 Å². The van der Waals surface area contributed by atoms with Crippen molar-refractivity contribution < 1.29 is 33.0 Å². The first-order valence-electron chi connectivity index (χ1n) is 22.2. The van der Waals surface area contributed by atoms with Crippen molar-refractivity contribution in [1.29, 1.82) is 0 Å². The second-order valence-electron chi connectivity index (χ2n) is 22.8. The number of ether oxygens (including phenoxy) is 1. The van der Waals surface area contributed by atoms with Gasteiger partial charge in [0, 0.05) is 36.6 Å². The standard InChI is InChI=1S/C45H76N2O7S/c1-29(48)32(47-22-24-55(52,53)25-23-47)28-46-45-17-12-30(41(6)18-19-41)38(45)31-10-11-34-42(7)15-14-35(54-37(51)27-39(2,3)26-36(49)50)40(4,5)33(42)13-16-44(34,9)43(31,8)20-21-45/h29-35,38,46,48H,10-28H2,1-9H3,(H,49,50)/t29?,30-,31-,32?,33+,34-,35+,38-,42+,43-,44-,45+/m1/s1. The van der Waals surface area contributed by atoms with Crippen LogP contribution in [0, 0.1) is 62.1 Å². The van der Waals surface area contributed by atoms with Crippen molar-refractivity contribution in [1.82, 2.24) is 10.2 Å². The largest absolute Gasteiger partial charge is 0.481 e. The zero-order valence-corrected chi connectivity index (χ0v) is 36.7. The number of aliphatic hydroxyl groups excluding tert-OH is 1. The summed E-state index contributed by atoms with van der Waals surface area (Å²) in [6, 6.07) is -0.0909. The summed E-state index contributed by atoms with van der Waals surface area (Å²) in [6.45, 7) is 22.5. The maximum Gasteiger partial charge on any atom is 0.306 e. The van der Waals surface area contributed by atoms with Crippen molar-refractivity contribution in [3.05, 3.63) is 0 Å². The zero-order chi connectivity index (χ0) is 40.2. The van der Waals surface area contributed by atoms with E-state index in [0.29, 0.717) is 54.6 Å². The van der Waals surface area contributed by atoms with Crippen LogP contribution in [0.5, 0.6) is 0 Å². The van der Waals surface area contributed by atoms with Gasteiger partial charge < -0.3 is 20.3 Å². The Hall–Kier alpha value is -1.23. The average Bonchev–Trinajstić information content (AvgIpc) is 3.68.